The summed E-state index contributed by atoms with van der Waals surface area (Å²) in [5.74, 6) is 0.393. The number of imidazole rings is 1. The lowest BCUT2D eigenvalue weighted by atomic mass is 10.0. The van der Waals surface area contributed by atoms with Gasteiger partial charge in [-0.3, -0.25) is 9.29 Å². The number of anilines is 1. The van der Waals surface area contributed by atoms with E-state index in [9.17, 15) is 8.42 Å². The predicted molar refractivity (Wildman–Crippen MR) is 122 cm³/mol. The van der Waals surface area contributed by atoms with Crippen molar-refractivity contribution < 1.29 is 13.2 Å². The minimum absolute atomic E-state index is 0.0287. The molecule has 3 heterocycles. The maximum atomic E-state index is 13.4. The molecule has 3 aromatic heterocycles. The van der Waals surface area contributed by atoms with Crippen molar-refractivity contribution in [1.82, 2.24) is 19.5 Å². The Kier molecular flexibility index (Phi) is 5.91. The Bertz CT molecular complexity index is 1320. The molecule has 9 heteroatoms. The van der Waals surface area contributed by atoms with Crippen molar-refractivity contribution in [2.45, 2.75) is 18.5 Å². The van der Waals surface area contributed by atoms with Crippen LogP contribution in [0.3, 0.4) is 0 Å². The van der Waals surface area contributed by atoms with E-state index in [1.807, 2.05) is 43.3 Å². The summed E-state index contributed by atoms with van der Waals surface area (Å²) in [7, 11) is -0.716. The third kappa shape index (κ3) is 4.33. The summed E-state index contributed by atoms with van der Waals surface area (Å²) in [6.07, 6.45) is 6.14. The zero-order valence-corrected chi connectivity index (χ0v) is 18.8. The lowest BCUT2D eigenvalue weighted by Gasteiger charge is -2.23. The molecule has 0 saturated heterocycles. The Balaban J connectivity index is 1.69. The molecule has 0 aliphatic carbocycles. The molecule has 8 nitrogen and oxygen atoms in total. The summed E-state index contributed by atoms with van der Waals surface area (Å²) in [6, 6.07) is 15.1. The summed E-state index contributed by atoms with van der Waals surface area (Å²) in [5.41, 5.74) is 4.19. The molecule has 0 unspecified atom stereocenters. The van der Waals surface area contributed by atoms with Crippen molar-refractivity contribution in [2.75, 3.05) is 11.4 Å². The number of aromatic nitrogens is 4. The summed E-state index contributed by atoms with van der Waals surface area (Å²) in [5, 5.41) is -0.0488. The van der Waals surface area contributed by atoms with Gasteiger partial charge in [0.1, 0.15) is 0 Å². The smallest absolute Gasteiger partial charge is 0.283 e. The molecule has 32 heavy (non-hydrogen) atoms. The molecular formula is C23H23N5O3S. The third-order valence-electron chi connectivity index (χ3n) is 5.04. The molecule has 0 radical (unpaired) electrons. The molecule has 0 bridgehead atoms. The van der Waals surface area contributed by atoms with E-state index in [0.29, 0.717) is 17.3 Å². The number of pyridine rings is 2. The van der Waals surface area contributed by atoms with Crippen LogP contribution in [0.15, 0.2) is 78.5 Å². The van der Waals surface area contributed by atoms with Crippen LogP contribution < -0.4 is 9.04 Å². The number of sulfonamides is 1. The molecule has 0 fully saturated rings. The topological polar surface area (TPSA) is 90.2 Å². The Hall–Kier alpha value is -3.72. The molecule has 0 aliphatic heterocycles. The number of hydrogen-bond donors (Lipinski definition) is 0. The first kappa shape index (κ1) is 21.5. The summed E-state index contributed by atoms with van der Waals surface area (Å²) in [6.45, 7) is 2.07. The number of aryl methyl sites for hydroxylation is 2. The van der Waals surface area contributed by atoms with E-state index in [1.165, 1.54) is 30.1 Å². The van der Waals surface area contributed by atoms with Crippen LogP contribution in [0, 0.1) is 6.92 Å². The molecule has 0 atom stereocenters. The fourth-order valence-corrected chi connectivity index (χ4v) is 4.71. The van der Waals surface area contributed by atoms with Crippen molar-refractivity contribution in [3.05, 3.63) is 84.7 Å². The van der Waals surface area contributed by atoms with Gasteiger partial charge in [0.15, 0.2) is 5.03 Å². The predicted octanol–water partition coefficient (Wildman–Crippen LogP) is 3.59. The highest BCUT2D eigenvalue weighted by molar-refractivity contribution is 7.92. The molecule has 164 valence electrons. The fraction of sp³-hybridized carbons (Fsp3) is 0.174. The number of rotatable bonds is 7. The Labute approximate surface area is 187 Å². The van der Waals surface area contributed by atoms with E-state index >= 15 is 0 Å². The summed E-state index contributed by atoms with van der Waals surface area (Å²) >= 11 is 0. The monoisotopic (exact) mass is 449 g/mol. The van der Waals surface area contributed by atoms with E-state index in [1.54, 1.807) is 29.9 Å². The van der Waals surface area contributed by atoms with Crippen molar-refractivity contribution in [1.29, 1.82) is 0 Å². The second kappa shape index (κ2) is 8.80. The molecule has 4 rings (SSSR count). The first-order valence-electron chi connectivity index (χ1n) is 9.90. The van der Waals surface area contributed by atoms with E-state index in [-0.39, 0.29) is 11.6 Å². The zero-order valence-electron chi connectivity index (χ0n) is 18.0. The van der Waals surface area contributed by atoms with Gasteiger partial charge in [-0.05, 0) is 30.2 Å². The standard InChI is InChI=1S/C23H23N5O3S/c1-17-6-4-5-7-21(17)18-8-9-19(24-12-18)14-28(20-10-11-22(31-3)25-13-20)32(29,30)23-15-27(2)16-26-23/h4-13,15-16H,14H2,1-3H3. The molecule has 0 saturated carbocycles. The van der Waals surface area contributed by atoms with Gasteiger partial charge in [0.2, 0.25) is 5.88 Å². The van der Waals surface area contributed by atoms with Crippen LogP contribution in [0.25, 0.3) is 11.1 Å². The maximum absolute atomic E-state index is 13.4. The maximum Gasteiger partial charge on any atom is 0.283 e. The van der Waals surface area contributed by atoms with E-state index in [4.69, 9.17) is 4.74 Å². The summed E-state index contributed by atoms with van der Waals surface area (Å²) in [4.78, 5) is 12.7. The Morgan fingerprint density at radius 3 is 2.41 bits per heavy atom. The van der Waals surface area contributed by atoms with Crippen LogP contribution in [0.5, 0.6) is 5.88 Å². The fourth-order valence-electron chi connectivity index (χ4n) is 3.31. The van der Waals surface area contributed by atoms with Gasteiger partial charge in [0.05, 0.1) is 37.6 Å². The summed E-state index contributed by atoms with van der Waals surface area (Å²) < 4.78 is 34.7. The van der Waals surface area contributed by atoms with Gasteiger partial charge in [0, 0.05) is 31.1 Å². The zero-order chi connectivity index (χ0) is 22.7. The number of benzene rings is 1. The number of ether oxygens (including phenoxy) is 1. The lowest BCUT2D eigenvalue weighted by molar-refractivity contribution is 0.398. The average molecular weight is 450 g/mol. The molecule has 0 amide bonds. The van der Waals surface area contributed by atoms with Crippen LogP contribution in [0.1, 0.15) is 11.3 Å². The van der Waals surface area contributed by atoms with E-state index in [2.05, 4.69) is 15.0 Å². The minimum Gasteiger partial charge on any atom is -0.481 e. The molecule has 0 N–H and O–H groups in total. The highest BCUT2D eigenvalue weighted by Gasteiger charge is 2.28. The van der Waals surface area contributed by atoms with Crippen LogP contribution in [-0.2, 0) is 23.6 Å². The van der Waals surface area contributed by atoms with Crippen molar-refractivity contribution in [3.63, 3.8) is 0 Å². The minimum atomic E-state index is -3.94. The van der Waals surface area contributed by atoms with Crippen LogP contribution in [0.4, 0.5) is 5.69 Å². The molecule has 1 aromatic carbocycles. The molecular weight excluding hydrogens is 426 g/mol. The van der Waals surface area contributed by atoms with Crippen molar-refractivity contribution >= 4 is 15.7 Å². The molecule has 0 spiro atoms. The van der Waals surface area contributed by atoms with Gasteiger partial charge in [-0.1, -0.05) is 30.3 Å². The van der Waals surface area contributed by atoms with Crippen molar-refractivity contribution in [3.8, 4) is 17.0 Å². The van der Waals surface area contributed by atoms with Crippen LogP contribution in [0.2, 0.25) is 0 Å². The SMILES string of the molecule is COc1ccc(N(Cc2ccc(-c3ccccc3C)cn2)S(=O)(=O)c2cn(C)cn2)cn1. The Morgan fingerprint density at radius 1 is 1.00 bits per heavy atom. The average Bonchev–Trinajstić information content (AvgIpc) is 3.25. The third-order valence-corrected chi connectivity index (χ3v) is 6.70. The first-order valence-corrected chi connectivity index (χ1v) is 11.3. The van der Waals surface area contributed by atoms with Crippen LogP contribution in [-0.4, -0.2) is 35.0 Å². The van der Waals surface area contributed by atoms with Crippen molar-refractivity contribution in [2.24, 2.45) is 7.05 Å². The van der Waals surface area contributed by atoms with Gasteiger partial charge in [-0.25, -0.2) is 9.97 Å². The molecule has 4 aromatic rings. The highest BCUT2D eigenvalue weighted by Crippen LogP contribution is 2.27. The largest absolute Gasteiger partial charge is 0.481 e. The number of nitrogens with zero attached hydrogens (tertiary/aromatic N) is 5. The van der Waals surface area contributed by atoms with Gasteiger partial charge in [0.25, 0.3) is 10.0 Å². The first-order chi connectivity index (χ1) is 15.4. The number of hydrogen-bond acceptors (Lipinski definition) is 6. The normalized spacial score (nSPS) is 11.3. The Morgan fingerprint density at radius 2 is 1.81 bits per heavy atom. The number of methoxy groups -OCH3 is 1. The van der Waals surface area contributed by atoms with Gasteiger partial charge in [-0.2, -0.15) is 8.42 Å². The van der Waals surface area contributed by atoms with Gasteiger partial charge < -0.3 is 9.30 Å². The second-order valence-electron chi connectivity index (χ2n) is 7.30. The quantitative estimate of drug-likeness (QED) is 0.428. The highest BCUT2D eigenvalue weighted by atomic mass is 32.2. The van der Waals surface area contributed by atoms with Gasteiger partial charge in [-0.15, -0.1) is 0 Å². The van der Waals surface area contributed by atoms with E-state index < -0.39 is 10.0 Å². The molecule has 0 aliphatic rings. The second-order valence-corrected chi connectivity index (χ2v) is 9.11. The van der Waals surface area contributed by atoms with Gasteiger partial charge >= 0.3 is 0 Å². The van der Waals surface area contributed by atoms with Crippen LogP contribution >= 0.6 is 0 Å². The lowest BCUT2D eigenvalue weighted by Crippen LogP contribution is -2.31. The van der Waals surface area contributed by atoms with E-state index in [0.717, 1.165) is 16.7 Å².